The standard InChI is InChI=1S/C19H28O4/c1-12(20)22-10-15-6-5-14-9-19(15)16(11-23-13(2)21)7-8-17(19)18(14,3)4/h6,14,16-17H,5,7-11H2,1-4H3/t14-,16+,17+,19-/m1/s1. The molecular formula is C19H28O4. The van der Waals surface area contributed by atoms with Gasteiger partial charge in [0.05, 0.1) is 6.61 Å². The van der Waals surface area contributed by atoms with E-state index in [0.717, 1.165) is 19.3 Å². The molecule has 128 valence electrons. The van der Waals surface area contributed by atoms with Crippen LogP contribution in [0.4, 0.5) is 0 Å². The summed E-state index contributed by atoms with van der Waals surface area (Å²) in [4.78, 5) is 22.6. The molecule has 0 saturated heterocycles. The van der Waals surface area contributed by atoms with Gasteiger partial charge in [-0.25, -0.2) is 0 Å². The molecule has 23 heavy (non-hydrogen) atoms. The molecule has 2 fully saturated rings. The van der Waals surface area contributed by atoms with Crippen molar-refractivity contribution in [1.29, 1.82) is 0 Å². The first-order chi connectivity index (χ1) is 10.8. The van der Waals surface area contributed by atoms with Gasteiger partial charge in [-0.1, -0.05) is 19.9 Å². The second kappa shape index (κ2) is 5.64. The second-order valence-corrected chi connectivity index (χ2v) is 8.14. The van der Waals surface area contributed by atoms with E-state index >= 15 is 0 Å². The fourth-order valence-electron chi connectivity index (χ4n) is 5.77. The lowest BCUT2D eigenvalue weighted by Crippen LogP contribution is -2.38. The lowest BCUT2D eigenvalue weighted by molar-refractivity contribution is -0.143. The van der Waals surface area contributed by atoms with Crippen molar-refractivity contribution in [3.8, 4) is 0 Å². The van der Waals surface area contributed by atoms with Crippen molar-refractivity contribution in [2.45, 2.75) is 53.4 Å². The minimum Gasteiger partial charge on any atom is -0.466 e. The van der Waals surface area contributed by atoms with Crippen LogP contribution in [0.2, 0.25) is 0 Å². The smallest absolute Gasteiger partial charge is 0.302 e. The zero-order chi connectivity index (χ0) is 16.8. The minimum atomic E-state index is -0.229. The Morgan fingerprint density at radius 1 is 1.17 bits per heavy atom. The third-order valence-corrected chi connectivity index (χ3v) is 6.85. The van der Waals surface area contributed by atoms with E-state index in [1.165, 1.54) is 25.8 Å². The average molecular weight is 320 g/mol. The fourth-order valence-corrected chi connectivity index (χ4v) is 5.77. The van der Waals surface area contributed by atoms with Crippen LogP contribution in [-0.2, 0) is 19.1 Å². The van der Waals surface area contributed by atoms with E-state index in [2.05, 4.69) is 19.9 Å². The van der Waals surface area contributed by atoms with Crippen LogP contribution in [0, 0.1) is 28.6 Å². The summed E-state index contributed by atoms with van der Waals surface area (Å²) in [6.45, 7) is 8.60. The van der Waals surface area contributed by atoms with Crippen LogP contribution in [-0.4, -0.2) is 25.2 Å². The van der Waals surface area contributed by atoms with Gasteiger partial charge in [-0.3, -0.25) is 9.59 Å². The van der Waals surface area contributed by atoms with Crippen LogP contribution < -0.4 is 0 Å². The fraction of sp³-hybridized carbons (Fsp3) is 0.789. The maximum Gasteiger partial charge on any atom is 0.302 e. The van der Waals surface area contributed by atoms with Crippen molar-refractivity contribution in [2.24, 2.45) is 28.6 Å². The number of fused-ring (bicyclic) bond motifs is 1. The number of allylic oxidation sites excluding steroid dienone is 1. The molecule has 0 amide bonds. The summed E-state index contributed by atoms with van der Waals surface area (Å²) in [5.41, 5.74) is 1.62. The van der Waals surface area contributed by atoms with Gasteiger partial charge in [0.15, 0.2) is 0 Å². The van der Waals surface area contributed by atoms with Crippen molar-refractivity contribution < 1.29 is 19.1 Å². The van der Waals surface area contributed by atoms with Crippen molar-refractivity contribution >= 4 is 11.9 Å². The Bertz CT molecular complexity index is 548. The number of ether oxygens (including phenoxy) is 2. The molecule has 3 aliphatic rings. The van der Waals surface area contributed by atoms with E-state index in [0.29, 0.717) is 36.4 Å². The SMILES string of the molecule is CC(=O)OCC1=CC[C@@H]2C[C@]13[C@H](COC(C)=O)CC[C@H]3C2(C)C. The van der Waals surface area contributed by atoms with Gasteiger partial charge in [0.2, 0.25) is 0 Å². The highest BCUT2D eigenvalue weighted by atomic mass is 16.5. The number of hydrogen-bond acceptors (Lipinski definition) is 4. The number of carbonyl (C=O) groups excluding carboxylic acids is 2. The van der Waals surface area contributed by atoms with E-state index in [-0.39, 0.29) is 17.4 Å². The normalized spacial score (nSPS) is 37.0. The van der Waals surface area contributed by atoms with Crippen LogP contribution in [0.1, 0.15) is 53.4 Å². The summed E-state index contributed by atoms with van der Waals surface area (Å²) < 4.78 is 10.8. The molecule has 4 heteroatoms. The Balaban J connectivity index is 1.91. The van der Waals surface area contributed by atoms with E-state index in [1.807, 2.05) is 0 Å². The van der Waals surface area contributed by atoms with Gasteiger partial charge in [0, 0.05) is 25.2 Å². The number of carbonyl (C=O) groups is 2. The third kappa shape index (κ3) is 2.50. The molecule has 0 aromatic heterocycles. The van der Waals surface area contributed by atoms with Gasteiger partial charge in [-0.2, -0.15) is 0 Å². The molecule has 2 saturated carbocycles. The van der Waals surface area contributed by atoms with E-state index < -0.39 is 0 Å². The summed E-state index contributed by atoms with van der Waals surface area (Å²) in [5.74, 6) is 1.18. The Morgan fingerprint density at radius 3 is 2.52 bits per heavy atom. The Morgan fingerprint density at radius 2 is 1.87 bits per heavy atom. The van der Waals surface area contributed by atoms with Crippen molar-refractivity contribution in [1.82, 2.24) is 0 Å². The maximum atomic E-state index is 11.3. The topological polar surface area (TPSA) is 52.6 Å². The zero-order valence-corrected chi connectivity index (χ0v) is 14.7. The Hall–Kier alpha value is -1.32. The molecule has 0 radical (unpaired) electrons. The molecule has 0 aliphatic heterocycles. The quantitative estimate of drug-likeness (QED) is 0.587. The Kier molecular flexibility index (Phi) is 4.06. The molecule has 0 aromatic carbocycles. The van der Waals surface area contributed by atoms with Gasteiger partial charge in [-0.15, -0.1) is 0 Å². The molecule has 1 spiro atoms. The first-order valence-electron chi connectivity index (χ1n) is 8.74. The average Bonchev–Trinajstić information content (AvgIpc) is 2.89. The van der Waals surface area contributed by atoms with Crippen LogP contribution in [0.15, 0.2) is 11.6 Å². The summed E-state index contributed by atoms with van der Waals surface area (Å²) in [7, 11) is 0. The van der Waals surface area contributed by atoms with Gasteiger partial charge >= 0.3 is 11.9 Å². The lowest BCUT2D eigenvalue weighted by atomic mass is 9.65. The summed E-state index contributed by atoms with van der Waals surface area (Å²) in [5, 5.41) is 0. The van der Waals surface area contributed by atoms with Crippen LogP contribution in [0.25, 0.3) is 0 Å². The predicted octanol–water partition coefficient (Wildman–Crippen LogP) is 3.50. The van der Waals surface area contributed by atoms with E-state index in [4.69, 9.17) is 9.47 Å². The second-order valence-electron chi connectivity index (χ2n) is 8.14. The molecule has 0 N–H and O–H groups in total. The number of hydrogen-bond donors (Lipinski definition) is 0. The molecule has 4 atom stereocenters. The monoisotopic (exact) mass is 320 g/mol. The first kappa shape index (κ1) is 16.5. The minimum absolute atomic E-state index is 0.0529. The highest BCUT2D eigenvalue weighted by molar-refractivity contribution is 5.66. The van der Waals surface area contributed by atoms with Gasteiger partial charge < -0.3 is 9.47 Å². The van der Waals surface area contributed by atoms with Gasteiger partial charge in [0.25, 0.3) is 0 Å². The molecule has 0 heterocycles. The molecule has 3 aliphatic carbocycles. The number of rotatable bonds is 4. The zero-order valence-electron chi connectivity index (χ0n) is 14.7. The van der Waals surface area contributed by atoms with E-state index in [9.17, 15) is 9.59 Å². The van der Waals surface area contributed by atoms with Gasteiger partial charge in [-0.05, 0) is 48.5 Å². The molecule has 4 nitrogen and oxygen atoms in total. The molecule has 0 unspecified atom stereocenters. The van der Waals surface area contributed by atoms with Crippen molar-refractivity contribution in [3.05, 3.63) is 11.6 Å². The lowest BCUT2D eigenvalue weighted by Gasteiger charge is -2.40. The maximum absolute atomic E-state index is 11.3. The summed E-state index contributed by atoms with van der Waals surface area (Å²) in [6.07, 6.45) is 6.79. The molecular weight excluding hydrogens is 292 g/mol. The van der Waals surface area contributed by atoms with Crippen molar-refractivity contribution in [2.75, 3.05) is 13.2 Å². The molecule has 2 bridgehead atoms. The van der Waals surface area contributed by atoms with Crippen LogP contribution in [0.5, 0.6) is 0 Å². The summed E-state index contributed by atoms with van der Waals surface area (Å²) in [6, 6.07) is 0. The highest BCUT2D eigenvalue weighted by Gasteiger charge is 2.65. The molecule has 0 aromatic rings. The molecule has 3 rings (SSSR count). The van der Waals surface area contributed by atoms with Crippen LogP contribution in [0.3, 0.4) is 0 Å². The Labute approximate surface area is 138 Å². The van der Waals surface area contributed by atoms with Crippen molar-refractivity contribution in [3.63, 3.8) is 0 Å². The predicted molar refractivity (Wildman–Crippen MR) is 86.5 cm³/mol. The van der Waals surface area contributed by atoms with E-state index in [1.54, 1.807) is 0 Å². The highest BCUT2D eigenvalue weighted by Crippen LogP contribution is 2.71. The van der Waals surface area contributed by atoms with Crippen LogP contribution >= 0.6 is 0 Å². The first-order valence-corrected chi connectivity index (χ1v) is 8.74. The van der Waals surface area contributed by atoms with Gasteiger partial charge in [0.1, 0.15) is 6.61 Å². The number of esters is 2. The largest absolute Gasteiger partial charge is 0.466 e. The summed E-state index contributed by atoms with van der Waals surface area (Å²) >= 11 is 0. The third-order valence-electron chi connectivity index (χ3n) is 6.85.